The Bertz CT molecular complexity index is 838. The minimum Gasteiger partial charge on any atom is -0.450 e. The Morgan fingerprint density at radius 2 is 1.79 bits per heavy atom. The van der Waals surface area contributed by atoms with Gasteiger partial charge in [-0.3, -0.25) is 9.10 Å². The molecule has 0 spiro atoms. The Balaban J connectivity index is 2.17. The van der Waals surface area contributed by atoms with E-state index in [1.165, 1.54) is 4.90 Å². The number of hydrogen-bond acceptors (Lipinski definition) is 5. The molecule has 1 unspecified atom stereocenters. The fourth-order valence-corrected chi connectivity index (χ4v) is 4.45. The number of benzene rings is 1. The zero-order valence-electron chi connectivity index (χ0n) is 16.5. The number of sulfonamides is 1. The fourth-order valence-electron chi connectivity index (χ4n) is 3.11. The predicted octanol–water partition coefficient (Wildman–Crippen LogP) is 2.10. The van der Waals surface area contributed by atoms with Crippen LogP contribution < -0.4 is 4.31 Å². The van der Waals surface area contributed by atoms with Crippen LogP contribution in [0.25, 0.3) is 0 Å². The molecule has 156 valence electrons. The van der Waals surface area contributed by atoms with Gasteiger partial charge in [0.25, 0.3) is 0 Å². The second kappa shape index (κ2) is 9.00. The Kier molecular flexibility index (Phi) is 7.16. The largest absolute Gasteiger partial charge is 0.450 e. The van der Waals surface area contributed by atoms with Crippen LogP contribution >= 0.6 is 11.6 Å². The number of aryl methyl sites for hydroxylation is 1. The Morgan fingerprint density at radius 1 is 1.21 bits per heavy atom. The molecule has 8 nitrogen and oxygen atoms in total. The summed E-state index contributed by atoms with van der Waals surface area (Å²) in [7, 11) is -3.72. The van der Waals surface area contributed by atoms with Crippen LogP contribution in [0.3, 0.4) is 0 Å². The fraction of sp³-hybridized carbons (Fsp3) is 0.556. The number of carbonyl (C=O) groups is 2. The van der Waals surface area contributed by atoms with Crippen LogP contribution in [0.15, 0.2) is 18.2 Å². The van der Waals surface area contributed by atoms with Crippen LogP contribution in [-0.4, -0.2) is 75.3 Å². The third kappa shape index (κ3) is 5.08. The molecule has 1 fully saturated rings. The van der Waals surface area contributed by atoms with Crippen LogP contribution in [0, 0.1) is 6.92 Å². The lowest BCUT2D eigenvalue weighted by Crippen LogP contribution is -2.56. The second-order valence-corrected chi connectivity index (χ2v) is 8.95. The average molecular weight is 432 g/mol. The summed E-state index contributed by atoms with van der Waals surface area (Å²) >= 11 is 6.15. The molecule has 1 aliphatic rings. The highest BCUT2D eigenvalue weighted by atomic mass is 35.5. The molecule has 1 aromatic rings. The van der Waals surface area contributed by atoms with E-state index in [2.05, 4.69) is 0 Å². The summed E-state index contributed by atoms with van der Waals surface area (Å²) < 4.78 is 30.9. The molecule has 0 N–H and O–H groups in total. The van der Waals surface area contributed by atoms with Crippen molar-refractivity contribution < 1.29 is 22.7 Å². The lowest BCUT2D eigenvalue weighted by Gasteiger charge is -2.37. The van der Waals surface area contributed by atoms with Crippen LogP contribution in [0.1, 0.15) is 19.4 Å². The Hall–Kier alpha value is -2.00. The number of carbonyl (C=O) groups excluding carboxylic acids is 2. The van der Waals surface area contributed by atoms with Gasteiger partial charge >= 0.3 is 6.09 Å². The quantitative estimate of drug-likeness (QED) is 0.712. The van der Waals surface area contributed by atoms with Gasteiger partial charge in [-0.2, -0.15) is 0 Å². The predicted molar refractivity (Wildman–Crippen MR) is 108 cm³/mol. The van der Waals surface area contributed by atoms with Gasteiger partial charge in [0.2, 0.25) is 15.9 Å². The summed E-state index contributed by atoms with van der Waals surface area (Å²) in [5.41, 5.74) is 1.15. The molecular weight excluding hydrogens is 406 g/mol. The van der Waals surface area contributed by atoms with Gasteiger partial charge in [0.15, 0.2) is 0 Å². The maximum absolute atomic E-state index is 13.0. The normalized spacial score (nSPS) is 15.9. The summed E-state index contributed by atoms with van der Waals surface area (Å²) in [6.45, 7) is 6.69. The van der Waals surface area contributed by atoms with E-state index in [-0.39, 0.29) is 12.5 Å². The number of halogens is 1. The zero-order chi connectivity index (χ0) is 21.1. The standard InChI is InChI=1S/C18H26ClN3O5S/c1-5-27-18(24)21-10-8-20(9-11-21)17(23)14(3)22(28(4,25)26)15-7-6-13(2)16(19)12-15/h6-7,12,14H,5,8-11H2,1-4H3. The van der Waals surface area contributed by atoms with Gasteiger partial charge in [0.05, 0.1) is 18.6 Å². The molecule has 0 aliphatic carbocycles. The lowest BCUT2D eigenvalue weighted by atomic mass is 10.2. The number of ether oxygens (including phenoxy) is 1. The van der Waals surface area contributed by atoms with E-state index in [1.54, 1.807) is 36.9 Å². The number of hydrogen-bond donors (Lipinski definition) is 0. The minimum absolute atomic E-state index is 0.289. The van der Waals surface area contributed by atoms with Gasteiger partial charge < -0.3 is 14.5 Å². The van der Waals surface area contributed by atoms with Gasteiger partial charge in [-0.15, -0.1) is 0 Å². The highest BCUT2D eigenvalue weighted by Gasteiger charge is 2.34. The van der Waals surface area contributed by atoms with Crippen LogP contribution in [0.2, 0.25) is 5.02 Å². The number of nitrogens with zero attached hydrogens (tertiary/aromatic N) is 3. The molecule has 10 heteroatoms. The smallest absolute Gasteiger partial charge is 0.409 e. The van der Waals surface area contributed by atoms with E-state index >= 15 is 0 Å². The first-order valence-corrected chi connectivity index (χ1v) is 11.2. The molecule has 1 aliphatic heterocycles. The van der Waals surface area contributed by atoms with Crippen molar-refractivity contribution in [1.82, 2.24) is 9.80 Å². The van der Waals surface area contributed by atoms with Crippen LogP contribution in [0.4, 0.5) is 10.5 Å². The summed E-state index contributed by atoms with van der Waals surface area (Å²) in [6, 6.07) is 3.94. The van der Waals surface area contributed by atoms with Gasteiger partial charge in [-0.05, 0) is 38.5 Å². The van der Waals surface area contributed by atoms with E-state index in [1.807, 2.05) is 6.92 Å². The summed E-state index contributed by atoms with van der Waals surface area (Å²) in [5, 5.41) is 0.425. The van der Waals surface area contributed by atoms with Gasteiger partial charge in [-0.25, -0.2) is 13.2 Å². The third-order valence-corrected chi connectivity index (χ3v) is 6.24. The maximum Gasteiger partial charge on any atom is 0.409 e. The number of amides is 2. The summed E-state index contributed by atoms with van der Waals surface area (Å²) in [4.78, 5) is 27.9. The molecule has 1 atom stereocenters. The SMILES string of the molecule is CCOC(=O)N1CCN(C(=O)C(C)N(c2ccc(C)c(Cl)c2)S(C)(=O)=O)CC1. The molecule has 2 rings (SSSR count). The molecule has 1 heterocycles. The number of rotatable bonds is 5. The monoisotopic (exact) mass is 431 g/mol. The van der Waals surface area contributed by atoms with E-state index in [9.17, 15) is 18.0 Å². The number of piperazine rings is 1. The highest BCUT2D eigenvalue weighted by Crippen LogP contribution is 2.27. The zero-order valence-corrected chi connectivity index (χ0v) is 18.1. The first-order chi connectivity index (χ1) is 13.1. The molecule has 1 aromatic carbocycles. The van der Waals surface area contributed by atoms with Gasteiger partial charge in [0.1, 0.15) is 6.04 Å². The van der Waals surface area contributed by atoms with Gasteiger partial charge in [-0.1, -0.05) is 17.7 Å². The molecule has 2 amide bonds. The van der Waals surface area contributed by atoms with Crippen molar-refractivity contribution in [3.8, 4) is 0 Å². The topological polar surface area (TPSA) is 87.2 Å². The highest BCUT2D eigenvalue weighted by molar-refractivity contribution is 7.92. The van der Waals surface area contributed by atoms with Crippen molar-refractivity contribution in [2.75, 3.05) is 43.3 Å². The van der Waals surface area contributed by atoms with Crippen molar-refractivity contribution in [1.29, 1.82) is 0 Å². The van der Waals surface area contributed by atoms with Crippen molar-refractivity contribution >= 4 is 39.3 Å². The van der Waals surface area contributed by atoms with E-state index in [4.69, 9.17) is 16.3 Å². The molecule has 0 aromatic heterocycles. The molecule has 0 radical (unpaired) electrons. The third-order valence-electron chi connectivity index (χ3n) is 4.59. The molecule has 28 heavy (non-hydrogen) atoms. The molecule has 0 saturated carbocycles. The van der Waals surface area contributed by atoms with Crippen LogP contribution in [0.5, 0.6) is 0 Å². The van der Waals surface area contributed by atoms with Crippen molar-refractivity contribution in [3.05, 3.63) is 28.8 Å². The Labute approximate surface area is 171 Å². The second-order valence-electron chi connectivity index (χ2n) is 6.68. The van der Waals surface area contributed by atoms with Crippen molar-refractivity contribution in [2.45, 2.75) is 26.8 Å². The van der Waals surface area contributed by atoms with Crippen molar-refractivity contribution in [3.63, 3.8) is 0 Å². The first-order valence-electron chi connectivity index (χ1n) is 9.02. The van der Waals surface area contributed by atoms with Crippen LogP contribution in [-0.2, 0) is 19.6 Å². The Morgan fingerprint density at radius 3 is 2.29 bits per heavy atom. The van der Waals surface area contributed by atoms with E-state index < -0.39 is 22.2 Å². The van der Waals surface area contributed by atoms with E-state index in [0.717, 1.165) is 16.1 Å². The molecule has 1 saturated heterocycles. The van der Waals surface area contributed by atoms with E-state index in [0.29, 0.717) is 36.9 Å². The minimum atomic E-state index is -3.72. The van der Waals surface area contributed by atoms with Gasteiger partial charge in [0, 0.05) is 31.2 Å². The average Bonchev–Trinajstić information content (AvgIpc) is 2.63. The lowest BCUT2D eigenvalue weighted by molar-refractivity contribution is -0.133. The molecular formula is C18H26ClN3O5S. The number of anilines is 1. The summed E-state index contributed by atoms with van der Waals surface area (Å²) in [5.74, 6) is -0.328. The first kappa shape index (κ1) is 22.3. The molecule has 0 bridgehead atoms. The van der Waals surface area contributed by atoms with Crippen molar-refractivity contribution in [2.24, 2.45) is 0 Å². The summed E-state index contributed by atoms with van der Waals surface area (Å²) in [6.07, 6.45) is 0.651. The maximum atomic E-state index is 13.0.